The second-order valence-corrected chi connectivity index (χ2v) is 0. The van der Waals surface area contributed by atoms with Gasteiger partial charge in [-0.15, -0.1) is 34.0 Å². The fraction of sp³-hybridized carbons (Fsp3) is 0. The molecule has 0 radical (unpaired) electrons. The van der Waals surface area contributed by atoms with Crippen molar-refractivity contribution < 1.29 is 45.5 Å². The van der Waals surface area contributed by atoms with Crippen molar-refractivity contribution in [2.24, 2.45) is 0 Å². The fourth-order valence-electron chi connectivity index (χ4n) is 0. The Kier molecular flexibility index (Phi) is 160. The molecular weight excluding hydrogens is 323 g/mol. The molecule has 0 aliphatic heterocycles. The molecular formula is H3Br2FNd. The summed E-state index contributed by atoms with van der Waals surface area (Å²) in [5.41, 5.74) is 0. The summed E-state index contributed by atoms with van der Waals surface area (Å²) < 4.78 is 0. The van der Waals surface area contributed by atoms with Crippen LogP contribution in [0.25, 0.3) is 0 Å². The largest absolute Gasteiger partial charge is 0.269 e. The summed E-state index contributed by atoms with van der Waals surface area (Å²) in [7, 11) is 0. The zero-order valence-corrected chi connectivity index (χ0v) is 8.36. The van der Waals surface area contributed by atoms with Crippen LogP contribution in [0.5, 0.6) is 0 Å². The molecule has 0 amide bonds. The van der Waals surface area contributed by atoms with E-state index in [1.165, 1.54) is 0 Å². The Morgan fingerprint density at radius 2 is 0.750 bits per heavy atom. The molecule has 0 aromatic heterocycles. The first-order valence-corrected chi connectivity index (χ1v) is 0. The zero-order valence-electron chi connectivity index (χ0n) is 1.72. The van der Waals surface area contributed by atoms with Crippen molar-refractivity contribution in [3.63, 3.8) is 0 Å². The maximum Gasteiger partial charge on any atom is 0 e. The molecule has 0 N–H and O–H groups in total. The normalized spacial score (nSPS) is 0. The molecule has 0 aliphatic carbocycles. The standard InChI is InChI=1S/2BrH.FH.Nd/h3*1H;. The van der Waals surface area contributed by atoms with Crippen LogP contribution in [-0.2, 0) is 0 Å². The third kappa shape index (κ3) is 8.87. The number of hydrogen-bond donors (Lipinski definition) is 0. The molecule has 0 atom stereocenters. The molecule has 4 heteroatoms. The van der Waals surface area contributed by atoms with Gasteiger partial charge in [0.15, 0.2) is 0 Å². The van der Waals surface area contributed by atoms with E-state index < -0.39 is 0 Å². The SMILES string of the molecule is Br.Br.F.[Nd]. The molecule has 0 fully saturated rings. The van der Waals surface area contributed by atoms with Crippen LogP contribution in [-0.4, -0.2) is 0 Å². The Labute approximate surface area is 78.2 Å². The molecule has 0 spiro atoms. The van der Waals surface area contributed by atoms with Gasteiger partial charge in [0.2, 0.25) is 0 Å². The monoisotopic (exact) mass is 322 g/mol. The molecule has 0 nitrogen and oxygen atoms in total. The molecule has 0 aromatic carbocycles. The average molecular weight is 326 g/mol. The van der Waals surface area contributed by atoms with Gasteiger partial charge in [-0.3, -0.25) is 4.70 Å². The van der Waals surface area contributed by atoms with Gasteiger partial charge >= 0.3 is 0 Å². The van der Waals surface area contributed by atoms with Crippen LogP contribution in [0.3, 0.4) is 0 Å². The predicted octanol–water partition coefficient (Wildman–Crippen LogP) is 1.31. The third-order valence-corrected chi connectivity index (χ3v) is 0. The van der Waals surface area contributed by atoms with Crippen molar-refractivity contribution in [1.29, 1.82) is 0 Å². The minimum absolute atomic E-state index is 0. The van der Waals surface area contributed by atoms with Gasteiger partial charge in [-0.05, 0) is 0 Å². The Morgan fingerprint density at radius 1 is 0.750 bits per heavy atom. The van der Waals surface area contributed by atoms with Crippen molar-refractivity contribution in [2.45, 2.75) is 0 Å². The van der Waals surface area contributed by atoms with E-state index in [1.807, 2.05) is 0 Å². The molecule has 0 aromatic rings. The molecule has 0 heterocycles. The van der Waals surface area contributed by atoms with E-state index in [4.69, 9.17) is 0 Å². The van der Waals surface area contributed by atoms with Gasteiger partial charge in [-0.1, -0.05) is 0 Å². The van der Waals surface area contributed by atoms with Gasteiger partial charge in [0.25, 0.3) is 0 Å². The Morgan fingerprint density at radius 3 is 0.750 bits per heavy atom. The van der Waals surface area contributed by atoms with Gasteiger partial charge in [0.1, 0.15) is 0 Å². The second kappa shape index (κ2) is 18.8. The summed E-state index contributed by atoms with van der Waals surface area (Å²) in [5, 5.41) is 0. The molecule has 0 aliphatic rings. The minimum atomic E-state index is 0. The number of halogens is 3. The van der Waals surface area contributed by atoms with Gasteiger partial charge < -0.3 is 0 Å². The molecule has 0 saturated heterocycles. The van der Waals surface area contributed by atoms with Crippen LogP contribution in [0, 0.1) is 40.8 Å². The summed E-state index contributed by atoms with van der Waals surface area (Å²) in [6.07, 6.45) is 0. The molecule has 0 unspecified atom stereocenters. The van der Waals surface area contributed by atoms with Crippen molar-refractivity contribution >= 4 is 34.0 Å². The van der Waals surface area contributed by atoms with Gasteiger partial charge in [0.05, 0.1) is 0 Å². The summed E-state index contributed by atoms with van der Waals surface area (Å²) in [4.78, 5) is 0. The van der Waals surface area contributed by atoms with Crippen LogP contribution in [0.4, 0.5) is 4.70 Å². The first-order valence-electron chi connectivity index (χ1n) is 0. The van der Waals surface area contributed by atoms with Crippen molar-refractivity contribution in [2.75, 3.05) is 0 Å². The fourth-order valence-corrected chi connectivity index (χ4v) is 0. The first kappa shape index (κ1) is 34.1. The summed E-state index contributed by atoms with van der Waals surface area (Å²) in [6, 6.07) is 0. The van der Waals surface area contributed by atoms with Gasteiger partial charge in [-0.2, -0.15) is 0 Å². The third-order valence-electron chi connectivity index (χ3n) is 0. The van der Waals surface area contributed by atoms with Gasteiger partial charge in [0, 0.05) is 40.8 Å². The maximum atomic E-state index is 0. The topological polar surface area (TPSA) is 0 Å². The Balaban J connectivity index is 0. The van der Waals surface area contributed by atoms with Gasteiger partial charge in [-0.25, -0.2) is 0 Å². The van der Waals surface area contributed by atoms with Crippen LogP contribution < -0.4 is 0 Å². The van der Waals surface area contributed by atoms with E-state index in [0.29, 0.717) is 0 Å². The quantitative estimate of drug-likeness (QED) is 0.630. The number of hydrogen-bond acceptors (Lipinski definition) is 0. The average Bonchev–Trinajstić information content (AvgIpc) is 0. The smallest absolute Gasteiger partial charge is 0 e. The Hall–Kier alpha value is 2.24. The summed E-state index contributed by atoms with van der Waals surface area (Å²) >= 11 is 0. The second-order valence-electron chi connectivity index (χ2n) is 0. The molecule has 0 bridgehead atoms. The molecule has 28 valence electrons. The van der Waals surface area contributed by atoms with Crippen LogP contribution >= 0.6 is 34.0 Å². The van der Waals surface area contributed by atoms with Crippen LogP contribution in [0.1, 0.15) is 0 Å². The van der Waals surface area contributed by atoms with E-state index in [-0.39, 0.29) is 79.5 Å². The minimum Gasteiger partial charge on any atom is -0.269 e. The molecule has 4 heavy (non-hydrogen) atoms. The van der Waals surface area contributed by atoms with E-state index in [1.54, 1.807) is 0 Å². The molecule has 0 saturated carbocycles. The van der Waals surface area contributed by atoms with E-state index in [2.05, 4.69) is 0 Å². The van der Waals surface area contributed by atoms with Crippen LogP contribution in [0.2, 0.25) is 0 Å². The predicted molar refractivity (Wildman–Crippen MR) is 23.1 cm³/mol. The van der Waals surface area contributed by atoms with E-state index in [9.17, 15) is 0 Å². The Bertz CT molecular complexity index is 6.00. The van der Waals surface area contributed by atoms with Crippen molar-refractivity contribution in [3.05, 3.63) is 0 Å². The summed E-state index contributed by atoms with van der Waals surface area (Å²) in [6.45, 7) is 0. The number of rotatable bonds is 0. The summed E-state index contributed by atoms with van der Waals surface area (Å²) in [5.74, 6) is 0. The first-order chi connectivity index (χ1) is 0. The van der Waals surface area contributed by atoms with Crippen molar-refractivity contribution in [1.82, 2.24) is 0 Å². The van der Waals surface area contributed by atoms with Crippen molar-refractivity contribution in [3.8, 4) is 0 Å². The maximum absolute atomic E-state index is 0. The molecule has 0 rings (SSSR count). The van der Waals surface area contributed by atoms with E-state index >= 15 is 0 Å². The van der Waals surface area contributed by atoms with E-state index in [0.717, 1.165) is 0 Å². The zero-order chi connectivity index (χ0) is 0. The van der Waals surface area contributed by atoms with Crippen LogP contribution in [0.15, 0.2) is 0 Å².